The Hall–Kier alpha value is -2.24. The van der Waals surface area contributed by atoms with Crippen LogP contribution < -0.4 is 10.5 Å². The molecule has 0 spiro atoms. The molecule has 1 saturated heterocycles. The number of hydrogen-bond donors (Lipinski definition) is 2. The van der Waals surface area contributed by atoms with Crippen molar-refractivity contribution >= 4 is 73.5 Å². The third-order valence-corrected chi connectivity index (χ3v) is 6.37. The van der Waals surface area contributed by atoms with E-state index < -0.39 is 15.9 Å². The van der Waals surface area contributed by atoms with Crippen LogP contribution >= 0.6 is 35.6 Å². The van der Waals surface area contributed by atoms with Gasteiger partial charge in [0, 0.05) is 10.7 Å². The van der Waals surface area contributed by atoms with Gasteiger partial charge in [-0.15, -0.1) is 0 Å². The number of sulfonamides is 1. The third-order valence-electron chi connectivity index (χ3n) is 3.81. The molecule has 3 rings (SSSR count). The minimum atomic E-state index is -3.81. The van der Waals surface area contributed by atoms with Gasteiger partial charge in [0.25, 0.3) is 5.91 Å². The minimum absolute atomic E-state index is 0.0697. The van der Waals surface area contributed by atoms with E-state index in [4.69, 9.17) is 29.0 Å². The van der Waals surface area contributed by atoms with Crippen LogP contribution in [0.1, 0.15) is 5.56 Å². The number of nitrogens with zero attached hydrogens (tertiary/aromatic N) is 1. The van der Waals surface area contributed by atoms with E-state index in [9.17, 15) is 18.0 Å². The molecule has 7 nitrogen and oxygen atoms in total. The Balaban J connectivity index is 1.66. The number of carbonyl (C=O) groups is 2. The lowest BCUT2D eigenvalue weighted by Gasteiger charge is -2.14. The quantitative estimate of drug-likeness (QED) is 0.517. The number of nitrogens with one attached hydrogen (secondary N) is 1. The molecule has 0 aliphatic carbocycles. The van der Waals surface area contributed by atoms with Gasteiger partial charge in [-0.05, 0) is 48.0 Å². The SMILES string of the molecule is NS(=O)(=O)c1ccc(NC(=O)CN2C(=O)/C(=C/c3ccc(Cl)cc3)SC2=S)cc1. The maximum absolute atomic E-state index is 12.6. The molecule has 1 fully saturated rings. The summed E-state index contributed by atoms with van der Waals surface area (Å²) in [6.45, 7) is -0.264. The normalized spacial score (nSPS) is 15.8. The molecule has 0 aromatic heterocycles. The first-order chi connectivity index (χ1) is 13.6. The molecule has 0 saturated carbocycles. The number of hydrogen-bond acceptors (Lipinski definition) is 6. The van der Waals surface area contributed by atoms with E-state index in [-0.39, 0.29) is 21.7 Å². The molecular weight excluding hydrogens is 454 g/mol. The van der Waals surface area contributed by atoms with Gasteiger partial charge in [-0.1, -0.05) is 47.7 Å². The maximum Gasteiger partial charge on any atom is 0.266 e. The van der Waals surface area contributed by atoms with Gasteiger partial charge in [-0.25, -0.2) is 13.6 Å². The van der Waals surface area contributed by atoms with Crippen LogP contribution in [-0.4, -0.2) is 36.0 Å². The number of rotatable bonds is 5. The van der Waals surface area contributed by atoms with Crippen LogP contribution in [0.4, 0.5) is 5.69 Å². The van der Waals surface area contributed by atoms with Gasteiger partial charge in [0.1, 0.15) is 10.9 Å². The number of amides is 2. The fourth-order valence-corrected chi connectivity index (χ4v) is 4.32. The highest BCUT2D eigenvalue weighted by Gasteiger charge is 2.33. The van der Waals surface area contributed by atoms with Crippen molar-refractivity contribution in [2.45, 2.75) is 4.90 Å². The molecule has 0 atom stereocenters. The van der Waals surface area contributed by atoms with E-state index >= 15 is 0 Å². The van der Waals surface area contributed by atoms with Crippen LogP contribution in [0.25, 0.3) is 6.08 Å². The molecule has 2 aromatic carbocycles. The van der Waals surface area contributed by atoms with E-state index in [1.165, 1.54) is 29.2 Å². The fourth-order valence-electron chi connectivity index (χ4n) is 2.42. The summed E-state index contributed by atoms with van der Waals surface area (Å²) in [5.41, 5.74) is 1.15. The van der Waals surface area contributed by atoms with Gasteiger partial charge in [0.05, 0.1) is 9.80 Å². The Bertz CT molecular complexity index is 1110. The second-order valence-electron chi connectivity index (χ2n) is 5.94. The first-order valence-electron chi connectivity index (χ1n) is 8.07. The largest absolute Gasteiger partial charge is 0.325 e. The highest BCUT2D eigenvalue weighted by molar-refractivity contribution is 8.26. The van der Waals surface area contributed by atoms with Gasteiger partial charge < -0.3 is 5.32 Å². The summed E-state index contributed by atoms with van der Waals surface area (Å²) < 4.78 is 22.8. The zero-order valence-corrected chi connectivity index (χ0v) is 17.9. The summed E-state index contributed by atoms with van der Waals surface area (Å²) in [5, 5.41) is 8.21. The van der Waals surface area contributed by atoms with Gasteiger partial charge >= 0.3 is 0 Å². The van der Waals surface area contributed by atoms with Gasteiger partial charge in [0.2, 0.25) is 15.9 Å². The molecule has 1 aliphatic rings. The molecule has 0 bridgehead atoms. The van der Waals surface area contributed by atoms with Gasteiger partial charge in [0.15, 0.2) is 0 Å². The predicted octanol–water partition coefficient (Wildman–Crippen LogP) is 2.83. The lowest BCUT2D eigenvalue weighted by molar-refractivity contribution is -0.126. The summed E-state index contributed by atoms with van der Waals surface area (Å²) in [7, 11) is -3.81. The summed E-state index contributed by atoms with van der Waals surface area (Å²) >= 11 is 12.2. The second-order valence-corrected chi connectivity index (χ2v) is 9.61. The summed E-state index contributed by atoms with van der Waals surface area (Å²) in [6, 6.07) is 12.3. The first-order valence-corrected chi connectivity index (χ1v) is 11.2. The van der Waals surface area contributed by atoms with Crippen LogP contribution in [0.5, 0.6) is 0 Å². The molecule has 2 amide bonds. The van der Waals surface area contributed by atoms with E-state index in [0.717, 1.165) is 17.3 Å². The maximum atomic E-state index is 12.6. The predicted molar refractivity (Wildman–Crippen MR) is 118 cm³/mol. The highest BCUT2D eigenvalue weighted by atomic mass is 35.5. The second kappa shape index (κ2) is 8.64. The monoisotopic (exact) mass is 467 g/mol. The van der Waals surface area contributed by atoms with Crippen molar-refractivity contribution in [2.75, 3.05) is 11.9 Å². The zero-order valence-electron chi connectivity index (χ0n) is 14.7. The van der Waals surface area contributed by atoms with Gasteiger partial charge in [-0.2, -0.15) is 0 Å². The Morgan fingerprint density at radius 3 is 2.38 bits per heavy atom. The van der Waals surface area contributed by atoms with Crippen molar-refractivity contribution in [2.24, 2.45) is 5.14 Å². The number of primary sulfonamides is 1. The third kappa shape index (κ3) is 5.43. The number of anilines is 1. The standard InChI is InChI=1S/C18H14ClN3O4S3/c19-12-3-1-11(2-4-12)9-15-17(24)22(18(27)28-15)10-16(23)21-13-5-7-14(8-6-13)29(20,25)26/h1-9H,10H2,(H,21,23)(H2,20,25,26)/b15-9-. The van der Waals surface area contributed by atoms with Crippen LogP contribution in [0.2, 0.25) is 5.02 Å². The lowest BCUT2D eigenvalue weighted by Crippen LogP contribution is -2.36. The van der Waals surface area contributed by atoms with Crippen molar-refractivity contribution in [1.82, 2.24) is 4.90 Å². The molecular formula is C18H14ClN3O4S3. The molecule has 0 unspecified atom stereocenters. The molecule has 1 aliphatic heterocycles. The number of benzene rings is 2. The first kappa shape index (κ1) is 21.5. The summed E-state index contributed by atoms with van der Waals surface area (Å²) in [4.78, 5) is 26.4. The number of thiocarbonyl (C=S) groups is 1. The molecule has 29 heavy (non-hydrogen) atoms. The average molecular weight is 468 g/mol. The Morgan fingerprint density at radius 1 is 1.17 bits per heavy atom. The van der Waals surface area contributed by atoms with Gasteiger partial charge in [-0.3, -0.25) is 14.5 Å². The molecule has 1 heterocycles. The Labute approximate surface area is 182 Å². The number of thioether (sulfide) groups is 1. The number of carbonyl (C=O) groups excluding carboxylic acids is 2. The molecule has 0 radical (unpaired) electrons. The zero-order chi connectivity index (χ0) is 21.2. The fraction of sp³-hybridized carbons (Fsp3) is 0.0556. The van der Waals surface area contributed by atoms with Crippen molar-refractivity contribution < 1.29 is 18.0 Å². The van der Waals surface area contributed by atoms with Crippen LogP contribution in [-0.2, 0) is 19.6 Å². The van der Waals surface area contributed by atoms with Crippen molar-refractivity contribution in [1.29, 1.82) is 0 Å². The van der Waals surface area contributed by atoms with E-state index in [1.54, 1.807) is 30.3 Å². The van der Waals surface area contributed by atoms with Crippen molar-refractivity contribution in [3.05, 3.63) is 64.0 Å². The molecule has 11 heteroatoms. The van der Waals surface area contributed by atoms with Crippen molar-refractivity contribution in [3.63, 3.8) is 0 Å². The van der Waals surface area contributed by atoms with Crippen LogP contribution in [0.3, 0.4) is 0 Å². The van der Waals surface area contributed by atoms with E-state index in [1.807, 2.05) is 0 Å². The number of nitrogens with two attached hydrogens (primary N) is 1. The smallest absolute Gasteiger partial charge is 0.266 e. The Morgan fingerprint density at radius 2 is 1.79 bits per heavy atom. The summed E-state index contributed by atoms with van der Waals surface area (Å²) in [5.74, 6) is -0.841. The van der Waals surface area contributed by atoms with Crippen LogP contribution in [0.15, 0.2) is 58.3 Å². The van der Waals surface area contributed by atoms with Crippen molar-refractivity contribution in [3.8, 4) is 0 Å². The minimum Gasteiger partial charge on any atom is -0.325 e. The molecule has 2 aromatic rings. The molecule has 3 N–H and O–H groups in total. The van der Waals surface area contributed by atoms with Crippen LogP contribution in [0, 0.1) is 0 Å². The Kier molecular flexibility index (Phi) is 6.39. The number of halogens is 1. The van der Waals surface area contributed by atoms with E-state index in [0.29, 0.717) is 15.6 Å². The summed E-state index contributed by atoms with van der Waals surface area (Å²) in [6.07, 6.45) is 1.68. The van der Waals surface area contributed by atoms with E-state index in [2.05, 4.69) is 5.32 Å². The lowest BCUT2D eigenvalue weighted by atomic mass is 10.2. The highest BCUT2D eigenvalue weighted by Crippen LogP contribution is 2.32. The average Bonchev–Trinajstić information content (AvgIpc) is 2.91. The topological polar surface area (TPSA) is 110 Å². The molecule has 150 valence electrons.